The number of aromatic nitrogens is 3. The molecule has 4 rings (SSSR count). The fraction of sp³-hybridized carbons (Fsp3) is 0.0500. The van der Waals surface area contributed by atoms with Gasteiger partial charge < -0.3 is 20.0 Å². The number of nitrogens with zero attached hydrogens (tertiary/aromatic N) is 3. The van der Waals surface area contributed by atoms with E-state index in [1.807, 2.05) is 30.3 Å². The molecule has 3 N–H and O–H groups in total. The van der Waals surface area contributed by atoms with E-state index in [1.54, 1.807) is 18.2 Å². The highest BCUT2D eigenvalue weighted by Gasteiger charge is 2.22. The zero-order valence-corrected chi connectivity index (χ0v) is 15.5. The lowest BCUT2D eigenvalue weighted by Crippen LogP contribution is -2.11. The molecule has 2 aromatic carbocycles. The van der Waals surface area contributed by atoms with E-state index >= 15 is 0 Å². The summed E-state index contributed by atoms with van der Waals surface area (Å²) in [5.41, 5.74) is 9.23. The van der Waals surface area contributed by atoms with Crippen molar-refractivity contribution in [3.63, 3.8) is 0 Å². The Morgan fingerprint density at radius 1 is 1.32 bits per heavy atom. The molecule has 0 radical (unpaired) electrons. The molecule has 0 aliphatic carbocycles. The lowest BCUT2D eigenvalue weighted by molar-refractivity contribution is 0.0593. The molecule has 0 aliphatic rings. The highest BCUT2D eigenvalue weighted by atomic mass is 35.5. The molecule has 0 amide bonds. The van der Waals surface area contributed by atoms with Crippen LogP contribution in [0.25, 0.3) is 28.1 Å². The van der Waals surface area contributed by atoms with Crippen LogP contribution >= 0.6 is 11.6 Å². The lowest BCUT2D eigenvalue weighted by Gasteiger charge is -2.10. The largest absolute Gasteiger partial charge is 0.464 e. The second kappa shape index (κ2) is 6.76. The van der Waals surface area contributed by atoms with Crippen LogP contribution in [0.1, 0.15) is 16.1 Å². The molecule has 0 saturated heterocycles. The van der Waals surface area contributed by atoms with Gasteiger partial charge >= 0.3 is 5.97 Å². The molecular weight excluding hydrogens is 378 g/mol. The minimum atomic E-state index is -0.640. The standard InChI is InChI=1S/C20H14ClN5O2/c1-28-20(27)18-17(23)11(9-22)10-26(18)12-6-7-14(21)13(8-12)19-24-15-4-2-3-5-16(15)25-19/h2-8,10H,23H2,1H3,(H,24,25). The van der Waals surface area contributed by atoms with Crippen LogP contribution in [0.3, 0.4) is 0 Å². The number of esters is 1. The van der Waals surface area contributed by atoms with Crippen molar-refractivity contribution in [2.45, 2.75) is 0 Å². The number of benzene rings is 2. The fourth-order valence-electron chi connectivity index (χ4n) is 3.04. The van der Waals surface area contributed by atoms with E-state index in [2.05, 4.69) is 9.97 Å². The van der Waals surface area contributed by atoms with Crippen LogP contribution in [-0.2, 0) is 4.74 Å². The summed E-state index contributed by atoms with van der Waals surface area (Å²) >= 11 is 6.40. The van der Waals surface area contributed by atoms with Crippen molar-refractivity contribution in [2.24, 2.45) is 0 Å². The fourth-order valence-corrected chi connectivity index (χ4v) is 3.25. The SMILES string of the molecule is COC(=O)c1c(N)c(C#N)cn1-c1ccc(Cl)c(-c2nc3ccccc3[nH]2)c1. The van der Waals surface area contributed by atoms with Crippen LogP contribution in [-0.4, -0.2) is 27.6 Å². The molecule has 0 bridgehead atoms. The molecular formula is C20H14ClN5O2. The van der Waals surface area contributed by atoms with E-state index in [9.17, 15) is 10.1 Å². The van der Waals surface area contributed by atoms with Gasteiger partial charge in [-0.05, 0) is 30.3 Å². The first-order chi connectivity index (χ1) is 13.5. The quantitative estimate of drug-likeness (QED) is 0.514. The summed E-state index contributed by atoms with van der Waals surface area (Å²) in [6, 6.07) is 14.8. The van der Waals surface area contributed by atoms with Crippen molar-refractivity contribution < 1.29 is 9.53 Å². The molecule has 7 nitrogen and oxygen atoms in total. The first kappa shape index (κ1) is 17.6. The van der Waals surface area contributed by atoms with E-state index in [0.717, 1.165) is 11.0 Å². The molecule has 0 atom stereocenters. The summed E-state index contributed by atoms with van der Waals surface area (Å²) in [6.07, 6.45) is 1.49. The average Bonchev–Trinajstić information content (AvgIpc) is 3.28. The third-order valence-electron chi connectivity index (χ3n) is 4.42. The second-order valence-electron chi connectivity index (χ2n) is 6.05. The zero-order valence-electron chi connectivity index (χ0n) is 14.7. The first-order valence-corrected chi connectivity index (χ1v) is 8.65. The molecule has 2 aromatic heterocycles. The molecule has 2 heterocycles. The molecule has 0 unspecified atom stereocenters. The number of anilines is 1. The van der Waals surface area contributed by atoms with Gasteiger partial charge in [-0.15, -0.1) is 0 Å². The Morgan fingerprint density at radius 3 is 2.82 bits per heavy atom. The third kappa shape index (κ3) is 2.76. The zero-order chi connectivity index (χ0) is 19.8. The predicted octanol–water partition coefficient (Wildman–Crippen LogP) is 3.91. The van der Waals surface area contributed by atoms with Gasteiger partial charge in [0.05, 0.1) is 34.4 Å². The molecule has 0 saturated carbocycles. The molecule has 28 heavy (non-hydrogen) atoms. The van der Waals surface area contributed by atoms with Gasteiger partial charge in [0.1, 0.15) is 11.9 Å². The number of nitrogens with one attached hydrogen (secondary N) is 1. The maximum absolute atomic E-state index is 12.2. The number of ether oxygens (including phenoxy) is 1. The number of nitrogen functional groups attached to an aromatic ring is 1. The van der Waals surface area contributed by atoms with E-state index in [0.29, 0.717) is 22.1 Å². The number of carbonyl (C=O) groups is 1. The Labute approximate surface area is 164 Å². The van der Waals surface area contributed by atoms with Crippen molar-refractivity contribution in [1.82, 2.24) is 14.5 Å². The van der Waals surface area contributed by atoms with Crippen molar-refractivity contribution in [1.29, 1.82) is 5.26 Å². The first-order valence-electron chi connectivity index (χ1n) is 8.27. The number of rotatable bonds is 3. The molecule has 138 valence electrons. The summed E-state index contributed by atoms with van der Waals surface area (Å²) in [5, 5.41) is 9.77. The van der Waals surface area contributed by atoms with Crippen LogP contribution in [0.2, 0.25) is 5.02 Å². The van der Waals surface area contributed by atoms with Gasteiger partial charge in [0.2, 0.25) is 0 Å². The molecule has 0 spiro atoms. The second-order valence-corrected chi connectivity index (χ2v) is 6.45. The Bertz CT molecular complexity index is 1230. The average molecular weight is 392 g/mol. The molecule has 4 aromatic rings. The number of para-hydroxylation sites is 2. The number of imidazole rings is 1. The Morgan fingerprint density at radius 2 is 2.11 bits per heavy atom. The number of H-pyrrole nitrogens is 1. The monoisotopic (exact) mass is 391 g/mol. The van der Waals surface area contributed by atoms with Gasteiger partial charge in [0.15, 0.2) is 5.69 Å². The van der Waals surface area contributed by atoms with E-state index in [4.69, 9.17) is 22.1 Å². The Hall–Kier alpha value is -3.76. The van der Waals surface area contributed by atoms with E-state index in [-0.39, 0.29) is 16.9 Å². The predicted molar refractivity (Wildman–Crippen MR) is 106 cm³/mol. The Kier molecular flexibility index (Phi) is 4.26. The number of nitriles is 1. The van der Waals surface area contributed by atoms with Gasteiger partial charge in [-0.3, -0.25) is 0 Å². The molecule has 0 fully saturated rings. The number of hydrogen-bond donors (Lipinski definition) is 2. The number of aromatic amines is 1. The van der Waals surface area contributed by atoms with Gasteiger partial charge in [-0.1, -0.05) is 23.7 Å². The van der Waals surface area contributed by atoms with Gasteiger partial charge in [0, 0.05) is 17.4 Å². The van der Waals surface area contributed by atoms with Crippen LogP contribution in [0.5, 0.6) is 0 Å². The van der Waals surface area contributed by atoms with Gasteiger partial charge in [0.25, 0.3) is 0 Å². The summed E-state index contributed by atoms with van der Waals surface area (Å²) in [7, 11) is 1.26. The van der Waals surface area contributed by atoms with Crippen molar-refractivity contribution in [3.8, 4) is 23.1 Å². The molecule has 0 aliphatic heterocycles. The van der Waals surface area contributed by atoms with Gasteiger partial charge in [-0.25, -0.2) is 9.78 Å². The maximum atomic E-state index is 12.2. The lowest BCUT2D eigenvalue weighted by atomic mass is 10.2. The summed E-state index contributed by atoms with van der Waals surface area (Å²) in [5.74, 6) is -0.0486. The summed E-state index contributed by atoms with van der Waals surface area (Å²) in [6.45, 7) is 0. The smallest absolute Gasteiger partial charge is 0.357 e. The summed E-state index contributed by atoms with van der Waals surface area (Å²) < 4.78 is 6.34. The highest BCUT2D eigenvalue weighted by molar-refractivity contribution is 6.33. The Balaban J connectivity index is 1.91. The number of carbonyl (C=O) groups excluding carboxylic acids is 1. The number of halogens is 1. The number of methoxy groups -OCH3 is 1. The normalized spacial score (nSPS) is 10.8. The minimum absolute atomic E-state index is 0.0644. The van der Waals surface area contributed by atoms with Crippen LogP contribution in [0.4, 0.5) is 5.69 Å². The number of hydrogen-bond acceptors (Lipinski definition) is 5. The van der Waals surface area contributed by atoms with Crippen molar-refractivity contribution >= 4 is 34.3 Å². The van der Waals surface area contributed by atoms with Gasteiger partial charge in [-0.2, -0.15) is 5.26 Å². The minimum Gasteiger partial charge on any atom is -0.464 e. The topological polar surface area (TPSA) is 110 Å². The van der Waals surface area contributed by atoms with Crippen molar-refractivity contribution in [2.75, 3.05) is 12.8 Å². The number of nitrogens with two attached hydrogens (primary N) is 1. The van der Waals surface area contributed by atoms with Crippen LogP contribution in [0.15, 0.2) is 48.7 Å². The van der Waals surface area contributed by atoms with E-state index < -0.39 is 5.97 Å². The maximum Gasteiger partial charge on any atom is 0.357 e. The summed E-state index contributed by atoms with van der Waals surface area (Å²) in [4.78, 5) is 20.0. The molecule has 8 heteroatoms. The third-order valence-corrected chi connectivity index (χ3v) is 4.75. The van der Waals surface area contributed by atoms with Crippen LogP contribution < -0.4 is 5.73 Å². The highest BCUT2D eigenvalue weighted by Crippen LogP contribution is 2.32. The number of fused-ring (bicyclic) bond motifs is 1. The van der Waals surface area contributed by atoms with E-state index in [1.165, 1.54) is 17.9 Å². The van der Waals surface area contributed by atoms with Crippen LogP contribution in [0, 0.1) is 11.3 Å². The van der Waals surface area contributed by atoms with Crippen molar-refractivity contribution in [3.05, 3.63) is 64.9 Å².